The molecule has 0 aromatic carbocycles. The summed E-state index contributed by atoms with van der Waals surface area (Å²) in [5.41, 5.74) is 0. The van der Waals surface area contributed by atoms with Crippen molar-refractivity contribution in [2.75, 3.05) is 13.1 Å². The molecule has 0 unspecified atom stereocenters. The zero-order valence-electron chi connectivity index (χ0n) is 9.65. The summed E-state index contributed by atoms with van der Waals surface area (Å²) in [6.45, 7) is -0.163. The number of alkyl halides is 3. The third-order valence-electron chi connectivity index (χ3n) is 3.06. The first-order valence-electron chi connectivity index (χ1n) is 5.53. The topological polar surface area (TPSA) is 37.4 Å². The van der Waals surface area contributed by atoms with Crippen molar-refractivity contribution in [2.24, 2.45) is 5.92 Å². The van der Waals surface area contributed by atoms with Gasteiger partial charge in [0, 0.05) is 13.1 Å². The zero-order chi connectivity index (χ0) is 14.3. The summed E-state index contributed by atoms with van der Waals surface area (Å²) < 4.78 is 63.9. The molecule has 1 saturated heterocycles. The van der Waals surface area contributed by atoms with Crippen LogP contribution >= 0.6 is 27.3 Å². The van der Waals surface area contributed by atoms with Crippen LogP contribution in [0.3, 0.4) is 0 Å². The summed E-state index contributed by atoms with van der Waals surface area (Å²) in [5, 5.41) is 0. The summed E-state index contributed by atoms with van der Waals surface area (Å²) in [5.74, 6) is -1.39. The average molecular weight is 378 g/mol. The zero-order valence-corrected chi connectivity index (χ0v) is 12.9. The molecular weight excluding hydrogens is 367 g/mol. The standard InChI is InChI=1S/C10H11BrF3NO2S2/c11-8-1-2-9(18-8)19(16,17)15-5-3-7(4-6-15)10(12,13)14/h1-2,7H,3-6H2. The third-order valence-corrected chi connectivity index (χ3v) is 7.05. The second kappa shape index (κ2) is 5.34. The summed E-state index contributed by atoms with van der Waals surface area (Å²) in [7, 11) is -3.66. The van der Waals surface area contributed by atoms with Gasteiger partial charge in [0.05, 0.1) is 9.70 Å². The number of rotatable bonds is 2. The minimum absolute atomic E-state index is 0.0813. The van der Waals surface area contributed by atoms with Crippen molar-refractivity contribution < 1.29 is 21.6 Å². The Hall–Kier alpha value is -0.120. The molecule has 0 saturated carbocycles. The highest BCUT2D eigenvalue weighted by Crippen LogP contribution is 2.36. The van der Waals surface area contributed by atoms with E-state index in [9.17, 15) is 21.6 Å². The molecule has 1 aromatic rings. The lowest BCUT2D eigenvalue weighted by Gasteiger charge is -2.31. The maximum atomic E-state index is 12.5. The van der Waals surface area contributed by atoms with Crippen molar-refractivity contribution in [2.45, 2.75) is 23.2 Å². The van der Waals surface area contributed by atoms with Gasteiger partial charge in [-0.1, -0.05) is 0 Å². The van der Waals surface area contributed by atoms with Gasteiger partial charge in [0.1, 0.15) is 4.21 Å². The largest absolute Gasteiger partial charge is 0.391 e. The fraction of sp³-hybridized carbons (Fsp3) is 0.600. The van der Waals surface area contributed by atoms with Crippen LogP contribution in [0.15, 0.2) is 20.1 Å². The Bertz CT molecular complexity index is 547. The predicted molar refractivity (Wildman–Crippen MR) is 69.6 cm³/mol. The third kappa shape index (κ3) is 3.32. The fourth-order valence-corrected chi connectivity index (χ4v) is 5.62. The van der Waals surface area contributed by atoms with E-state index in [1.807, 2.05) is 0 Å². The number of thiophene rings is 1. The Balaban J connectivity index is 2.09. The molecule has 9 heteroatoms. The van der Waals surface area contributed by atoms with E-state index < -0.39 is 22.1 Å². The number of sulfonamides is 1. The molecule has 3 nitrogen and oxygen atoms in total. The lowest BCUT2D eigenvalue weighted by atomic mass is 9.98. The van der Waals surface area contributed by atoms with Crippen molar-refractivity contribution >= 4 is 37.3 Å². The normalized spacial score (nSPS) is 19.8. The van der Waals surface area contributed by atoms with E-state index >= 15 is 0 Å². The van der Waals surface area contributed by atoms with Crippen molar-refractivity contribution in [3.05, 3.63) is 15.9 Å². The molecule has 19 heavy (non-hydrogen) atoms. The second-order valence-electron chi connectivity index (χ2n) is 4.28. The van der Waals surface area contributed by atoms with E-state index in [-0.39, 0.29) is 30.1 Å². The van der Waals surface area contributed by atoms with Gasteiger partial charge in [-0.25, -0.2) is 8.42 Å². The van der Waals surface area contributed by atoms with Crippen molar-refractivity contribution in [3.8, 4) is 0 Å². The lowest BCUT2D eigenvalue weighted by Crippen LogP contribution is -2.41. The SMILES string of the molecule is O=S(=O)(c1ccc(Br)s1)N1CCC(C(F)(F)F)CC1. The van der Waals surface area contributed by atoms with E-state index in [2.05, 4.69) is 15.9 Å². The molecule has 0 atom stereocenters. The number of nitrogens with zero attached hydrogens (tertiary/aromatic N) is 1. The van der Waals surface area contributed by atoms with Crippen molar-refractivity contribution in [3.63, 3.8) is 0 Å². The predicted octanol–water partition coefficient (Wildman–Crippen LogP) is 3.47. The van der Waals surface area contributed by atoms with Gasteiger partial charge in [-0.3, -0.25) is 0 Å². The second-order valence-corrected chi connectivity index (χ2v) is 8.91. The first kappa shape index (κ1) is 15.3. The molecule has 1 fully saturated rings. The van der Waals surface area contributed by atoms with Crippen LogP contribution in [0, 0.1) is 5.92 Å². The number of hydrogen-bond donors (Lipinski definition) is 0. The quantitative estimate of drug-likeness (QED) is 0.791. The molecule has 0 aliphatic carbocycles. The van der Waals surface area contributed by atoms with Gasteiger partial charge >= 0.3 is 6.18 Å². The average Bonchev–Trinajstić information content (AvgIpc) is 2.76. The molecular formula is C10H11BrF3NO2S2. The van der Waals surface area contributed by atoms with E-state index in [0.717, 1.165) is 15.6 Å². The molecule has 1 aromatic heterocycles. The first-order valence-corrected chi connectivity index (χ1v) is 8.58. The van der Waals surface area contributed by atoms with Crippen LogP contribution in [-0.4, -0.2) is 32.0 Å². The number of hydrogen-bond acceptors (Lipinski definition) is 3. The van der Waals surface area contributed by atoms with Crippen LogP contribution in [0.5, 0.6) is 0 Å². The van der Waals surface area contributed by atoms with Gasteiger partial charge in [-0.05, 0) is 40.9 Å². The van der Waals surface area contributed by atoms with Crippen LogP contribution in [-0.2, 0) is 10.0 Å². The van der Waals surface area contributed by atoms with Crippen molar-refractivity contribution in [1.82, 2.24) is 4.31 Å². The molecule has 108 valence electrons. The van der Waals surface area contributed by atoms with Crippen LogP contribution in [0.2, 0.25) is 0 Å². The van der Waals surface area contributed by atoms with Crippen molar-refractivity contribution in [1.29, 1.82) is 0 Å². The number of halogens is 4. The first-order chi connectivity index (χ1) is 8.71. The minimum atomic E-state index is -4.23. The Morgan fingerprint density at radius 2 is 1.84 bits per heavy atom. The smallest absolute Gasteiger partial charge is 0.206 e. The Labute approximate surface area is 121 Å². The minimum Gasteiger partial charge on any atom is -0.206 e. The molecule has 0 radical (unpaired) electrons. The van der Waals surface area contributed by atoms with Crippen LogP contribution in [0.1, 0.15) is 12.8 Å². The molecule has 2 rings (SSSR count). The van der Waals surface area contributed by atoms with Crippen LogP contribution in [0.25, 0.3) is 0 Å². The Morgan fingerprint density at radius 3 is 2.26 bits per heavy atom. The molecule has 0 bridgehead atoms. The fourth-order valence-electron chi connectivity index (χ4n) is 1.99. The molecule has 1 aliphatic rings. The van der Waals surface area contributed by atoms with E-state index in [4.69, 9.17) is 0 Å². The van der Waals surface area contributed by atoms with Crippen LogP contribution in [0.4, 0.5) is 13.2 Å². The summed E-state index contributed by atoms with van der Waals surface area (Å²) >= 11 is 4.23. The van der Waals surface area contributed by atoms with E-state index in [1.165, 1.54) is 6.07 Å². The highest BCUT2D eigenvalue weighted by molar-refractivity contribution is 9.11. The lowest BCUT2D eigenvalue weighted by molar-refractivity contribution is -0.182. The molecule has 0 spiro atoms. The molecule has 0 amide bonds. The molecule has 2 heterocycles. The Morgan fingerprint density at radius 1 is 1.26 bits per heavy atom. The monoisotopic (exact) mass is 377 g/mol. The van der Waals surface area contributed by atoms with Crippen LogP contribution < -0.4 is 0 Å². The maximum Gasteiger partial charge on any atom is 0.391 e. The highest BCUT2D eigenvalue weighted by atomic mass is 79.9. The van der Waals surface area contributed by atoms with Gasteiger partial charge in [0.25, 0.3) is 10.0 Å². The summed E-state index contributed by atoms with van der Waals surface area (Å²) in [4.78, 5) is 0. The summed E-state index contributed by atoms with van der Waals surface area (Å²) in [6.07, 6.45) is -4.58. The van der Waals surface area contributed by atoms with Gasteiger partial charge in [0.15, 0.2) is 0 Å². The maximum absolute atomic E-state index is 12.5. The van der Waals surface area contributed by atoms with Gasteiger partial charge in [-0.15, -0.1) is 11.3 Å². The van der Waals surface area contributed by atoms with Gasteiger partial charge in [0.2, 0.25) is 0 Å². The van der Waals surface area contributed by atoms with Gasteiger partial charge < -0.3 is 0 Å². The highest BCUT2D eigenvalue weighted by Gasteiger charge is 2.43. The number of piperidine rings is 1. The summed E-state index contributed by atoms with van der Waals surface area (Å²) in [6, 6.07) is 3.07. The molecule has 1 aliphatic heterocycles. The van der Waals surface area contributed by atoms with Gasteiger partial charge in [-0.2, -0.15) is 17.5 Å². The molecule has 0 N–H and O–H groups in total. The van der Waals surface area contributed by atoms with E-state index in [1.54, 1.807) is 6.07 Å². The Kier molecular flexibility index (Phi) is 4.29. The van der Waals surface area contributed by atoms with E-state index in [0.29, 0.717) is 3.79 Å².